The Balaban J connectivity index is 1.69. The average Bonchev–Trinajstić information content (AvgIpc) is 3.69. The molecule has 10 nitrogen and oxygen atoms in total. The number of aromatic nitrogens is 4. The second kappa shape index (κ2) is 9.52. The number of hydrogen-bond donors (Lipinski definition) is 2. The molecule has 0 aliphatic carbocycles. The predicted octanol–water partition coefficient (Wildman–Crippen LogP) is 4.12. The lowest BCUT2D eigenvalue weighted by atomic mass is 10.1. The van der Waals surface area contributed by atoms with Crippen LogP contribution in [0.3, 0.4) is 0 Å². The number of ether oxygens (including phenoxy) is 1. The van der Waals surface area contributed by atoms with Crippen molar-refractivity contribution in [3.8, 4) is 28.3 Å². The number of aromatic amines is 1. The van der Waals surface area contributed by atoms with E-state index in [4.69, 9.17) is 9.15 Å². The number of fused-ring (bicyclic) bond motifs is 2. The average molecular weight is 553 g/mol. The summed E-state index contributed by atoms with van der Waals surface area (Å²) >= 11 is 0. The van der Waals surface area contributed by atoms with Crippen LogP contribution >= 0.6 is 0 Å². The smallest absolute Gasteiger partial charge is 0.433 e. The molecule has 0 saturated carbocycles. The number of nitrogens with one attached hydrogen (secondary N) is 1. The van der Waals surface area contributed by atoms with E-state index in [9.17, 15) is 27.9 Å². The topological polar surface area (TPSA) is 126 Å². The summed E-state index contributed by atoms with van der Waals surface area (Å²) in [6.45, 7) is -0.0432. The van der Waals surface area contributed by atoms with E-state index in [0.29, 0.717) is 23.1 Å². The molecule has 0 unspecified atom stereocenters. The Bertz CT molecular complexity index is 1810. The molecule has 13 heteroatoms. The number of rotatable bonds is 5. The Morgan fingerprint density at radius 1 is 1.15 bits per heavy atom. The number of para-hydroxylation sites is 1. The van der Waals surface area contributed by atoms with E-state index in [1.54, 1.807) is 36.4 Å². The van der Waals surface area contributed by atoms with Crippen LogP contribution in [-0.4, -0.2) is 61.8 Å². The third-order valence-corrected chi connectivity index (χ3v) is 6.99. The number of likely N-dealkylation sites (tertiary alicyclic amines) is 1. The molecule has 3 aromatic heterocycles. The Hall–Kier alpha value is -4.65. The monoisotopic (exact) mass is 553 g/mol. The van der Waals surface area contributed by atoms with Crippen LogP contribution in [0.5, 0.6) is 5.75 Å². The fraction of sp³-hybridized carbons (Fsp3) is 0.259. The van der Waals surface area contributed by atoms with Gasteiger partial charge in [0.1, 0.15) is 22.7 Å². The van der Waals surface area contributed by atoms with E-state index < -0.39 is 40.6 Å². The number of benzene rings is 2. The third-order valence-electron chi connectivity index (χ3n) is 6.99. The van der Waals surface area contributed by atoms with E-state index in [2.05, 4.69) is 15.1 Å². The number of alkyl halides is 3. The number of halogens is 3. The molecule has 1 fully saturated rings. The van der Waals surface area contributed by atoms with Gasteiger partial charge in [-0.2, -0.15) is 17.7 Å². The molecule has 1 saturated heterocycles. The van der Waals surface area contributed by atoms with Gasteiger partial charge in [0.2, 0.25) is 5.89 Å². The number of H-pyrrole nitrogens is 1. The highest BCUT2D eigenvalue weighted by molar-refractivity contribution is 6.00. The molecule has 0 bridgehead atoms. The van der Waals surface area contributed by atoms with Gasteiger partial charge in [0.15, 0.2) is 16.7 Å². The predicted molar refractivity (Wildman–Crippen MR) is 137 cm³/mol. The van der Waals surface area contributed by atoms with Crippen molar-refractivity contribution in [1.82, 2.24) is 24.5 Å². The number of methoxy groups -OCH3 is 1. The number of oxazole rings is 1. The van der Waals surface area contributed by atoms with E-state index in [1.165, 1.54) is 24.1 Å². The minimum Gasteiger partial charge on any atom is -0.494 e. The maximum absolute atomic E-state index is 14.2. The molecule has 206 valence electrons. The largest absolute Gasteiger partial charge is 0.494 e. The van der Waals surface area contributed by atoms with Gasteiger partial charge in [-0.05, 0) is 30.5 Å². The summed E-state index contributed by atoms with van der Waals surface area (Å²) in [5, 5.41) is 12.0. The van der Waals surface area contributed by atoms with Gasteiger partial charge < -0.3 is 19.2 Å². The molecule has 2 N–H and O–H groups in total. The van der Waals surface area contributed by atoms with E-state index >= 15 is 0 Å². The van der Waals surface area contributed by atoms with Gasteiger partial charge >= 0.3 is 6.18 Å². The number of aliphatic hydroxyl groups excluding tert-OH is 1. The van der Waals surface area contributed by atoms with Crippen molar-refractivity contribution in [2.75, 3.05) is 20.3 Å². The fourth-order valence-corrected chi connectivity index (χ4v) is 5.13. The molecule has 0 spiro atoms. The number of aliphatic hydroxyl groups is 1. The summed E-state index contributed by atoms with van der Waals surface area (Å²) in [5.41, 5.74) is -3.19. The third kappa shape index (κ3) is 4.01. The maximum Gasteiger partial charge on any atom is 0.433 e. The summed E-state index contributed by atoms with van der Waals surface area (Å²) in [4.78, 5) is 37.9. The molecule has 1 aliphatic heterocycles. The standard InChI is InChI=1S/C27H22F3N5O5/c1-39-16-10-5-11-17-20(16)32-24(40-17)19-21(26(38)34-12-6-9-15(34)13-36)31-23-18(14-7-3-2-4-8-14)22(27(28,29)30)33-35(23)25(19)37/h2-5,7-8,10-11,15,33,36H,6,9,12-13H2,1H3/t15-/m1/s1. The van der Waals surface area contributed by atoms with E-state index in [1.807, 2.05) is 0 Å². The van der Waals surface area contributed by atoms with Gasteiger partial charge in [-0.3, -0.25) is 14.7 Å². The molecule has 0 radical (unpaired) electrons. The minimum atomic E-state index is -4.88. The van der Waals surface area contributed by atoms with Crippen LogP contribution < -0.4 is 10.3 Å². The Morgan fingerprint density at radius 3 is 2.62 bits per heavy atom. The van der Waals surface area contributed by atoms with Crippen LogP contribution in [0.2, 0.25) is 0 Å². The molecular formula is C27H22F3N5O5. The summed E-state index contributed by atoms with van der Waals surface area (Å²) in [5.74, 6) is -0.701. The number of amides is 1. The van der Waals surface area contributed by atoms with Crippen molar-refractivity contribution in [3.05, 3.63) is 70.3 Å². The van der Waals surface area contributed by atoms with Crippen molar-refractivity contribution >= 4 is 22.7 Å². The quantitative estimate of drug-likeness (QED) is 0.335. The molecule has 1 atom stereocenters. The Labute approximate surface area is 223 Å². The Morgan fingerprint density at radius 2 is 1.93 bits per heavy atom. The van der Waals surface area contributed by atoms with Crippen LogP contribution in [-0.2, 0) is 6.18 Å². The van der Waals surface area contributed by atoms with E-state index in [-0.39, 0.29) is 46.9 Å². The molecule has 1 amide bonds. The van der Waals surface area contributed by atoms with Gasteiger partial charge in [0.05, 0.1) is 25.3 Å². The summed E-state index contributed by atoms with van der Waals surface area (Å²) in [6.07, 6.45) is -3.75. The molecule has 6 rings (SSSR count). The van der Waals surface area contributed by atoms with Gasteiger partial charge in [0, 0.05) is 6.54 Å². The molecule has 2 aromatic carbocycles. The SMILES string of the molecule is COc1cccc2oc(-c3c(C(=O)N4CCC[C@@H]4CO)nc4c(-c5ccccc5)c(C(F)(F)F)[nH]n4c3=O)nc12. The molecule has 40 heavy (non-hydrogen) atoms. The van der Waals surface area contributed by atoms with Crippen molar-refractivity contribution in [3.63, 3.8) is 0 Å². The number of carbonyl (C=O) groups excluding carboxylic acids is 1. The zero-order valence-corrected chi connectivity index (χ0v) is 21.0. The molecule has 4 heterocycles. The lowest BCUT2D eigenvalue weighted by Gasteiger charge is -2.23. The summed E-state index contributed by atoms with van der Waals surface area (Å²) in [6, 6.07) is 12.0. The maximum atomic E-state index is 14.2. The van der Waals surface area contributed by atoms with Crippen LogP contribution in [0.4, 0.5) is 13.2 Å². The zero-order chi connectivity index (χ0) is 28.2. The molecule has 5 aromatic rings. The lowest BCUT2D eigenvalue weighted by Crippen LogP contribution is -2.39. The summed E-state index contributed by atoms with van der Waals surface area (Å²) < 4.78 is 54.5. The van der Waals surface area contributed by atoms with Crippen LogP contribution in [0.1, 0.15) is 29.0 Å². The number of carbonyl (C=O) groups is 1. The van der Waals surface area contributed by atoms with Gasteiger partial charge in [-0.25, -0.2) is 9.97 Å². The molecular weight excluding hydrogens is 531 g/mol. The van der Waals surface area contributed by atoms with Crippen LogP contribution in [0.25, 0.3) is 39.3 Å². The molecule has 1 aliphatic rings. The lowest BCUT2D eigenvalue weighted by molar-refractivity contribution is -0.140. The second-order valence-electron chi connectivity index (χ2n) is 9.33. The van der Waals surface area contributed by atoms with Crippen molar-refractivity contribution < 1.29 is 32.2 Å². The van der Waals surface area contributed by atoms with Gasteiger partial charge in [-0.15, -0.1) is 0 Å². The first kappa shape index (κ1) is 25.6. The number of nitrogens with zero attached hydrogens (tertiary/aromatic N) is 4. The first-order valence-corrected chi connectivity index (χ1v) is 12.4. The van der Waals surface area contributed by atoms with Crippen LogP contribution in [0, 0.1) is 0 Å². The highest BCUT2D eigenvalue weighted by Crippen LogP contribution is 2.39. The Kier molecular flexibility index (Phi) is 6.10. The van der Waals surface area contributed by atoms with Crippen molar-refractivity contribution in [2.45, 2.75) is 25.1 Å². The van der Waals surface area contributed by atoms with Gasteiger partial charge in [-0.1, -0.05) is 36.4 Å². The van der Waals surface area contributed by atoms with E-state index in [0.717, 1.165) is 0 Å². The van der Waals surface area contributed by atoms with Crippen molar-refractivity contribution in [2.24, 2.45) is 0 Å². The highest BCUT2D eigenvalue weighted by atomic mass is 19.4. The zero-order valence-electron chi connectivity index (χ0n) is 21.0. The minimum absolute atomic E-state index is 0.146. The van der Waals surface area contributed by atoms with Crippen molar-refractivity contribution in [1.29, 1.82) is 0 Å². The first-order chi connectivity index (χ1) is 19.2. The van der Waals surface area contributed by atoms with Gasteiger partial charge in [0.25, 0.3) is 11.5 Å². The fourth-order valence-electron chi connectivity index (χ4n) is 5.13. The first-order valence-electron chi connectivity index (χ1n) is 12.4. The summed E-state index contributed by atoms with van der Waals surface area (Å²) in [7, 11) is 1.42. The number of hydrogen-bond acceptors (Lipinski definition) is 7. The second-order valence-corrected chi connectivity index (χ2v) is 9.33. The highest BCUT2D eigenvalue weighted by Gasteiger charge is 2.40. The van der Waals surface area contributed by atoms with Crippen LogP contribution in [0.15, 0.2) is 57.7 Å². The normalized spacial score (nSPS) is 15.8.